The number of unbranched alkanes of at least 4 members (excludes halogenated alkanes) is 9. The lowest BCUT2D eigenvalue weighted by atomic mass is 9.84. The van der Waals surface area contributed by atoms with Gasteiger partial charge < -0.3 is 5.32 Å². The van der Waals surface area contributed by atoms with Gasteiger partial charge in [0.2, 0.25) is 0 Å². The highest BCUT2D eigenvalue weighted by molar-refractivity contribution is 4.75. The van der Waals surface area contributed by atoms with Gasteiger partial charge in [-0.2, -0.15) is 0 Å². The zero-order valence-corrected chi connectivity index (χ0v) is 15.0. The fourth-order valence-corrected chi connectivity index (χ4v) is 3.74. The van der Waals surface area contributed by atoms with Gasteiger partial charge in [0.15, 0.2) is 0 Å². The van der Waals surface area contributed by atoms with E-state index in [0.717, 1.165) is 12.0 Å². The summed E-state index contributed by atoms with van der Waals surface area (Å²) in [6.07, 6.45) is 21.7. The molecule has 1 N–H and O–H groups in total. The molecule has 1 aliphatic carbocycles. The van der Waals surface area contributed by atoms with Crippen LogP contribution in [-0.2, 0) is 0 Å². The van der Waals surface area contributed by atoms with Crippen LogP contribution in [-0.4, -0.2) is 12.6 Å². The van der Waals surface area contributed by atoms with E-state index in [-0.39, 0.29) is 0 Å². The standard InChI is InChI=1S/C20H41N/c1-3-4-5-6-7-8-9-10-11-15-18-21-19(2)20-16-13-12-14-17-20/h19-21H,3-18H2,1-2H3/t19-/m1/s1. The first-order valence-corrected chi connectivity index (χ1v) is 10.1. The molecule has 1 fully saturated rings. The Bertz CT molecular complexity index is 208. The molecule has 1 aliphatic rings. The van der Waals surface area contributed by atoms with Crippen LogP contribution in [0.3, 0.4) is 0 Å². The SMILES string of the molecule is CCCCCCCCCCCCN[C@H](C)C1CCCCC1. The smallest absolute Gasteiger partial charge is 0.00669 e. The van der Waals surface area contributed by atoms with E-state index in [9.17, 15) is 0 Å². The molecule has 1 nitrogen and oxygen atoms in total. The first-order valence-electron chi connectivity index (χ1n) is 10.1. The highest BCUT2D eigenvalue weighted by Crippen LogP contribution is 2.26. The Morgan fingerprint density at radius 2 is 1.29 bits per heavy atom. The average molecular weight is 296 g/mol. The molecular weight excluding hydrogens is 254 g/mol. The zero-order valence-electron chi connectivity index (χ0n) is 15.0. The van der Waals surface area contributed by atoms with Crippen molar-refractivity contribution in [2.45, 2.75) is 116 Å². The molecule has 0 radical (unpaired) electrons. The van der Waals surface area contributed by atoms with Gasteiger partial charge in [-0.15, -0.1) is 0 Å². The number of rotatable bonds is 13. The van der Waals surface area contributed by atoms with Gasteiger partial charge in [-0.1, -0.05) is 84.0 Å². The molecule has 0 aromatic carbocycles. The summed E-state index contributed by atoms with van der Waals surface area (Å²) >= 11 is 0. The largest absolute Gasteiger partial charge is 0.314 e. The maximum absolute atomic E-state index is 3.78. The summed E-state index contributed by atoms with van der Waals surface area (Å²) in [7, 11) is 0. The second-order valence-corrected chi connectivity index (χ2v) is 7.32. The molecule has 126 valence electrons. The van der Waals surface area contributed by atoms with Gasteiger partial charge in [-0.25, -0.2) is 0 Å². The third kappa shape index (κ3) is 10.3. The lowest BCUT2D eigenvalue weighted by molar-refractivity contribution is 0.280. The van der Waals surface area contributed by atoms with E-state index in [1.165, 1.54) is 103 Å². The molecule has 0 amide bonds. The molecule has 1 rings (SSSR count). The fourth-order valence-electron chi connectivity index (χ4n) is 3.74. The van der Waals surface area contributed by atoms with Crippen molar-refractivity contribution >= 4 is 0 Å². The summed E-state index contributed by atoms with van der Waals surface area (Å²) in [5.74, 6) is 0.960. The molecule has 0 unspecified atom stereocenters. The van der Waals surface area contributed by atoms with Crippen molar-refractivity contribution in [2.24, 2.45) is 5.92 Å². The number of hydrogen-bond acceptors (Lipinski definition) is 1. The summed E-state index contributed by atoms with van der Waals surface area (Å²) in [6.45, 7) is 5.95. The third-order valence-electron chi connectivity index (χ3n) is 5.35. The van der Waals surface area contributed by atoms with E-state index in [4.69, 9.17) is 0 Å². The Hall–Kier alpha value is -0.0400. The Morgan fingerprint density at radius 3 is 1.86 bits per heavy atom. The van der Waals surface area contributed by atoms with Crippen LogP contribution in [0.4, 0.5) is 0 Å². The minimum absolute atomic E-state index is 0.754. The predicted molar refractivity (Wildman–Crippen MR) is 95.9 cm³/mol. The van der Waals surface area contributed by atoms with E-state index in [1.807, 2.05) is 0 Å². The van der Waals surface area contributed by atoms with Crippen molar-refractivity contribution in [2.75, 3.05) is 6.54 Å². The molecule has 1 atom stereocenters. The highest BCUT2D eigenvalue weighted by Gasteiger charge is 2.18. The van der Waals surface area contributed by atoms with Crippen LogP contribution in [0.25, 0.3) is 0 Å². The minimum Gasteiger partial charge on any atom is -0.314 e. The van der Waals surface area contributed by atoms with Crippen molar-refractivity contribution in [3.05, 3.63) is 0 Å². The third-order valence-corrected chi connectivity index (χ3v) is 5.35. The summed E-state index contributed by atoms with van der Waals surface area (Å²) in [5.41, 5.74) is 0. The molecule has 0 saturated heterocycles. The quantitative estimate of drug-likeness (QED) is 0.384. The van der Waals surface area contributed by atoms with E-state index >= 15 is 0 Å². The number of hydrogen-bond donors (Lipinski definition) is 1. The lowest BCUT2D eigenvalue weighted by Crippen LogP contribution is -2.35. The average Bonchev–Trinajstić information content (AvgIpc) is 2.53. The molecule has 0 aliphatic heterocycles. The van der Waals surface area contributed by atoms with E-state index in [0.29, 0.717) is 0 Å². The van der Waals surface area contributed by atoms with Crippen LogP contribution in [0, 0.1) is 5.92 Å². The normalized spacial score (nSPS) is 18.0. The van der Waals surface area contributed by atoms with E-state index in [1.54, 1.807) is 0 Å². The summed E-state index contributed by atoms with van der Waals surface area (Å²) in [4.78, 5) is 0. The van der Waals surface area contributed by atoms with Crippen LogP contribution >= 0.6 is 0 Å². The van der Waals surface area contributed by atoms with Crippen LogP contribution < -0.4 is 5.32 Å². The first kappa shape index (κ1) is 19.0. The van der Waals surface area contributed by atoms with Crippen LogP contribution in [0.1, 0.15) is 110 Å². The van der Waals surface area contributed by atoms with Crippen molar-refractivity contribution in [1.82, 2.24) is 5.32 Å². The summed E-state index contributed by atoms with van der Waals surface area (Å²) in [6, 6.07) is 0.754. The topological polar surface area (TPSA) is 12.0 Å². The van der Waals surface area contributed by atoms with E-state index in [2.05, 4.69) is 19.2 Å². The first-order chi connectivity index (χ1) is 10.3. The zero-order chi connectivity index (χ0) is 15.2. The second-order valence-electron chi connectivity index (χ2n) is 7.32. The van der Waals surface area contributed by atoms with Gasteiger partial charge in [0.05, 0.1) is 0 Å². The number of nitrogens with one attached hydrogen (secondary N) is 1. The van der Waals surface area contributed by atoms with Gasteiger partial charge in [0.25, 0.3) is 0 Å². The lowest BCUT2D eigenvalue weighted by Gasteiger charge is -2.28. The highest BCUT2D eigenvalue weighted by atomic mass is 14.9. The van der Waals surface area contributed by atoms with Crippen molar-refractivity contribution in [1.29, 1.82) is 0 Å². The molecule has 0 heterocycles. The molecule has 0 aromatic heterocycles. The Balaban J connectivity index is 1.79. The maximum atomic E-state index is 3.78. The molecule has 0 aromatic rings. The van der Waals surface area contributed by atoms with Gasteiger partial charge in [-0.05, 0) is 38.6 Å². The van der Waals surface area contributed by atoms with Gasteiger partial charge in [-0.3, -0.25) is 0 Å². The summed E-state index contributed by atoms with van der Waals surface area (Å²) < 4.78 is 0. The van der Waals surface area contributed by atoms with Gasteiger partial charge in [0, 0.05) is 6.04 Å². The molecule has 21 heavy (non-hydrogen) atoms. The van der Waals surface area contributed by atoms with Crippen molar-refractivity contribution in [3.8, 4) is 0 Å². The van der Waals surface area contributed by atoms with Crippen molar-refractivity contribution in [3.63, 3.8) is 0 Å². The molecule has 0 bridgehead atoms. The van der Waals surface area contributed by atoms with Gasteiger partial charge in [0.1, 0.15) is 0 Å². The van der Waals surface area contributed by atoms with Crippen LogP contribution in [0.5, 0.6) is 0 Å². The summed E-state index contributed by atoms with van der Waals surface area (Å²) in [5, 5.41) is 3.78. The molecule has 0 spiro atoms. The van der Waals surface area contributed by atoms with E-state index < -0.39 is 0 Å². The maximum Gasteiger partial charge on any atom is 0.00669 e. The molecule has 1 heteroatoms. The van der Waals surface area contributed by atoms with Gasteiger partial charge >= 0.3 is 0 Å². The minimum atomic E-state index is 0.754. The Kier molecular flexibility index (Phi) is 12.3. The second kappa shape index (κ2) is 13.6. The monoisotopic (exact) mass is 295 g/mol. The fraction of sp³-hybridized carbons (Fsp3) is 1.00. The molecule has 1 saturated carbocycles. The van der Waals surface area contributed by atoms with Crippen LogP contribution in [0.15, 0.2) is 0 Å². The Labute approximate surface area is 134 Å². The predicted octanol–water partition coefficient (Wildman–Crippen LogP) is 6.47. The molecular formula is C20H41N. The van der Waals surface area contributed by atoms with Crippen LogP contribution in [0.2, 0.25) is 0 Å². The Morgan fingerprint density at radius 1 is 0.762 bits per heavy atom. The van der Waals surface area contributed by atoms with Crippen molar-refractivity contribution < 1.29 is 0 Å².